The first kappa shape index (κ1) is 11.1. The molecule has 2 aliphatic rings. The Balaban J connectivity index is 1.72. The van der Waals surface area contributed by atoms with Crippen molar-refractivity contribution in [1.29, 1.82) is 0 Å². The fourth-order valence-electron chi connectivity index (χ4n) is 3.30. The largest absolute Gasteiger partial charge is 0.363 e. The van der Waals surface area contributed by atoms with Gasteiger partial charge in [-0.05, 0) is 41.3 Å². The first-order chi connectivity index (χ1) is 9.42. The lowest BCUT2D eigenvalue weighted by Crippen LogP contribution is -2.26. The van der Waals surface area contributed by atoms with E-state index >= 15 is 0 Å². The molecule has 0 aliphatic carbocycles. The van der Waals surface area contributed by atoms with E-state index in [4.69, 9.17) is 0 Å². The lowest BCUT2D eigenvalue weighted by molar-refractivity contribution is 0.640. The Hall–Kier alpha value is -1.80. The minimum absolute atomic E-state index is 1.01. The maximum Gasteiger partial charge on any atom is 0.0436 e. The van der Waals surface area contributed by atoms with E-state index in [-0.39, 0.29) is 0 Å². The molecule has 0 fully saturated rings. The van der Waals surface area contributed by atoms with Crippen molar-refractivity contribution in [3.63, 3.8) is 0 Å². The highest BCUT2D eigenvalue weighted by atomic mass is 15.1. The molecule has 2 aromatic rings. The van der Waals surface area contributed by atoms with Gasteiger partial charge in [0.25, 0.3) is 0 Å². The van der Waals surface area contributed by atoms with Gasteiger partial charge in [0.1, 0.15) is 0 Å². The summed E-state index contributed by atoms with van der Waals surface area (Å²) in [6.07, 6.45) is 1.16. The molecule has 2 heteroatoms. The van der Waals surface area contributed by atoms with E-state index in [1.807, 2.05) is 0 Å². The summed E-state index contributed by atoms with van der Waals surface area (Å²) in [7, 11) is 0. The number of benzene rings is 2. The molecule has 0 radical (unpaired) electrons. The molecule has 4 rings (SSSR count). The highest BCUT2D eigenvalue weighted by Crippen LogP contribution is 2.32. The first-order valence-corrected chi connectivity index (χ1v) is 7.05. The molecule has 0 amide bonds. The van der Waals surface area contributed by atoms with Gasteiger partial charge in [-0.15, -0.1) is 0 Å². The fourth-order valence-corrected chi connectivity index (χ4v) is 3.30. The van der Waals surface area contributed by atoms with Crippen molar-refractivity contribution < 1.29 is 0 Å². The van der Waals surface area contributed by atoms with Crippen molar-refractivity contribution in [2.75, 3.05) is 11.4 Å². The maximum atomic E-state index is 3.50. The summed E-state index contributed by atoms with van der Waals surface area (Å²) in [5, 5.41) is 3.50. The monoisotopic (exact) mass is 250 g/mol. The van der Waals surface area contributed by atoms with Crippen molar-refractivity contribution in [3.8, 4) is 0 Å². The van der Waals surface area contributed by atoms with Crippen molar-refractivity contribution in [1.82, 2.24) is 5.32 Å². The van der Waals surface area contributed by atoms with Gasteiger partial charge in [-0.2, -0.15) is 0 Å². The number of hydrogen-bond acceptors (Lipinski definition) is 2. The van der Waals surface area contributed by atoms with Gasteiger partial charge in [-0.25, -0.2) is 0 Å². The topological polar surface area (TPSA) is 15.3 Å². The van der Waals surface area contributed by atoms with Crippen molar-refractivity contribution in [2.45, 2.75) is 26.1 Å². The van der Waals surface area contributed by atoms with Gasteiger partial charge in [0.2, 0.25) is 0 Å². The molecule has 0 saturated heterocycles. The van der Waals surface area contributed by atoms with Crippen LogP contribution in [0.4, 0.5) is 5.69 Å². The predicted octanol–water partition coefficient (Wildman–Crippen LogP) is 2.85. The summed E-state index contributed by atoms with van der Waals surface area (Å²) in [6, 6.07) is 15.6. The van der Waals surface area contributed by atoms with Gasteiger partial charge in [0, 0.05) is 25.3 Å². The molecule has 1 N–H and O–H groups in total. The minimum Gasteiger partial charge on any atom is -0.363 e. The standard InChI is InChI=1S/C17H18N2/c1-2-5-15-12-19(11-14(15)4-1)17-7-3-6-13-8-9-18-10-16(13)17/h1-7,18H,8-12H2. The van der Waals surface area contributed by atoms with Gasteiger partial charge in [-0.3, -0.25) is 0 Å². The third-order valence-corrected chi connectivity index (χ3v) is 4.30. The summed E-state index contributed by atoms with van der Waals surface area (Å²) < 4.78 is 0. The van der Waals surface area contributed by atoms with Crippen LogP contribution in [0, 0.1) is 0 Å². The van der Waals surface area contributed by atoms with E-state index in [0.717, 1.165) is 32.6 Å². The second kappa shape index (κ2) is 4.39. The molecule has 96 valence electrons. The fraction of sp³-hybridized carbons (Fsp3) is 0.294. The molecular weight excluding hydrogens is 232 g/mol. The van der Waals surface area contributed by atoms with Gasteiger partial charge < -0.3 is 10.2 Å². The maximum absolute atomic E-state index is 3.50. The summed E-state index contributed by atoms with van der Waals surface area (Å²) in [5.74, 6) is 0. The Kier molecular flexibility index (Phi) is 2.56. The van der Waals surface area contributed by atoms with Crippen LogP contribution in [0.3, 0.4) is 0 Å². The van der Waals surface area contributed by atoms with E-state index in [1.165, 1.54) is 27.9 Å². The molecule has 0 spiro atoms. The van der Waals surface area contributed by atoms with Crippen LogP contribution >= 0.6 is 0 Å². The average Bonchev–Trinajstić information content (AvgIpc) is 2.90. The normalized spacial score (nSPS) is 17.2. The zero-order valence-electron chi connectivity index (χ0n) is 11.0. The Morgan fingerprint density at radius 1 is 0.842 bits per heavy atom. The zero-order chi connectivity index (χ0) is 12.7. The minimum atomic E-state index is 1.01. The molecule has 2 heterocycles. The van der Waals surface area contributed by atoms with Crippen molar-refractivity contribution in [2.24, 2.45) is 0 Å². The first-order valence-electron chi connectivity index (χ1n) is 7.05. The van der Waals surface area contributed by atoms with Crippen molar-refractivity contribution >= 4 is 5.69 Å². The molecule has 2 aromatic carbocycles. The third kappa shape index (κ3) is 1.83. The van der Waals surface area contributed by atoms with E-state index in [0.29, 0.717) is 0 Å². The lowest BCUT2D eigenvalue weighted by atomic mass is 9.99. The molecule has 0 aromatic heterocycles. The molecule has 19 heavy (non-hydrogen) atoms. The van der Waals surface area contributed by atoms with Crippen LogP contribution in [-0.4, -0.2) is 6.54 Å². The molecule has 0 bridgehead atoms. The van der Waals surface area contributed by atoms with Gasteiger partial charge >= 0.3 is 0 Å². The Labute approximate surface area is 114 Å². The van der Waals surface area contributed by atoms with Crippen LogP contribution in [-0.2, 0) is 26.1 Å². The van der Waals surface area contributed by atoms with Gasteiger partial charge in [-0.1, -0.05) is 36.4 Å². The highest BCUT2D eigenvalue weighted by molar-refractivity contribution is 5.60. The summed E-state index contributed by atoms with van der Waals surface area (Å²) in [4.78, 5) is 2.51. The molecular formula is C17H18N2. The summed E-state index contributed by atoms with van der Waals surface area (Å²) in [6.45, 7) is 4.22. The zero-order valence-corrected chi connectivity index (χ0v) is 11.0. The molecule has 0 saturated carbocycles. The summed E-state index contributed by atoms with van der Waals surface area (Å²) >= 11 is 0. The van der Waals surface area contributed by atoms with E-state index in [9.17, 15) is 0 Å². The third-order valence-electron chi connectivity index (χ3n) is 4.30. The highest BCUT2D eigenvalue weighted by Gasteiger charge is 2.22. The van der Waals surface area contributed by atoms with Gasteiger partial charge in [0.05, 0.1) is 0 Å². The second-order valence-corrected chi connectivity index (χ2v) is 5.47. The molecule has 0 atom stereocenters. The quantitative estimate of drug-likeness (QED) is 0.837. The molecule has 0 unspecified atom stereocenters. The van der Waals surface area contributed by atoms with E-state index < -0.39 is 0 Å². The van der Waals surface area contributed by atoms with E-state index in [2.05, 4.69) is 52.7 Å². The Morgan fingerprint density at radius 2 is 1.58 bits per heavy atom. The number of rotatable bonds is 1. The average molecular weight is 250 g/mol. The number of nitrogens with zero attached hydrogens (tertiary/aromatic N) is 1. The second-order valence-electron chi connectivity index (χ2n) is 5.47. The van der Waals surface area contributed by atoms with Crippen LogP contribution in [0.5, 0.6) is 0 Å². The summed E-state index contributed by atoms with van der Waals surface area (Å²) in [5.41, 5.74) is 7.39. The number of nitrogens with one attached hydrogen (secondary N) is 1. The van der Waals surface area contributed by atoms with Crippen LogP contribution in [0.15, 0.2) is 42.5 Å². The van der Waals surface area contributed by atoms with Crippen LogP contribution in [0.1, 0.15) is 22.3 Å². The van der Waals surface area contributed by atoms with Crippen LogP contribution in [0.2, 0.25) is 0 Å². The van der Waals surface area contributed by atoms with Crippen LogP contribution in [0.25, 0.3) is 0 Å². The Morgan fingerprint density at radius 3 is 2.37 bits per heavy atom. The van der Waals surface area contributed by atoms with Gasteiger partial charge in [0.15, 0.2) is 0 Å². The smallest absolute Gasteiger partial charge is 0.0436 e. The van der Waals surface area contributed by atoms with Crippen molar-refractivity contribution in [3.05, 3.63) is 64.7 Å². The predicted molar refractivity (Wildman–Crippen MR) is 78.2 cm³/mol. The number of hydrogen-bond donors (Lipinski definition) is 1. The Bertz CT molecular complexity index is 593. The number of fused-ring (bicyclic) bond motifs is 2. The van der Waals surface area contributed by atoms with Crippen LogP contribution < -0.4 is 10.2 Å². The SMILES string of the molecule is c1ccc2c(c1)CN(c1cccc3c1CNCC3)C2. The lowest BCUT2D eigenvalue weighted by Gasteiger charge is -2.26. The molecule has 2 nitrogen and oxygen atoms in total. The number of anilines is 1. The van der Waals surface area contributed by atoms with E-state index in [1.54, 1.807) is 0 Å². The molecule has 2 aliphatic heterocycles.